The van der Waals surface area contributed by atoms with Crippen LogP contribution >= 0.6 is 22.7 Å². The second-order valence-electron chi connectivity index (χ2n) is 7.72. The van der Waals surface area contributed by atoms with Crippen molar-refractivity contribution in [2.75, 3.05) is 5.73 Å². The van der Waals surface area contributed by atoms with Crippen molar-refractivity contribution in [3.8, 4) is 5.75 Å². The molecule has 1 aromatic carbocycles. The smallest absolute Gasteiger partial charge is 0.358 e. The first-order valence-corrected chi connectivity index (χ1v) is 12.1. The maximum Gasteiger partial charge on any atom is 0.358 e. The average molecular weight is 467 g/mol. The summed E-state index contributed by atoms with van der Waals surface area (Å²) in [7, 11) is 0. The number of ether oxygens (including phenoxy) is 2. The highest BCUT2D eigenvalue weighted by atomic mass is 32.1. The number of nitrogens with two attached hydrogens (primary N) is 1. The van der Waals surface area contributed by atoms with E-state index in [1.54, 1.807) is 16.7 Å². The lowest BCUT2D eigenvalue weighted by Crippen LogP contribution is -2.09. The zero-order chi connectivity index (χ0) is 22.1. The summed E-state index contributed by atoms with van der Waals surface area (Å²) in [4.78, 5) is 28.0. The number of carbonyl (C=O) groups is 1. The van der Waals surface area contributed by atoms with Crippen LogP contribution in [0.3, 0.4) is 0 Å². The third kappa shape index (κ3) is 4.31. The number of fused-ring (bicyclic) bond motifs is 3. The molecule has 0 saturated carbocycles. The molecule has 0 spiro atoms. The third-order valence-corrected chi connectivity index (χ3v) is 7.37. The Labute approximate surface area is 193 Å². The van der Waals surface area contributed by atoms with Gasteiger partial charge in [-0.25, -0.2) is 19.7 Å². The Hall–Kier alpha value is -3.04. The van der Waals surface area contributed by atoms with Gasteiger partial charge in [0.15, 0.2) is 18.1 Å². The number of anilines is 1. The molecule has 0 radical (unpaired) electrons. The van der Waals surface area contributed by atoms with Crippen LogP contribution in [0.15, 0.2) is 29.6 Å². The second-order valence-corrected chi connectivity index (χ2v) is 9.75. The number of nitrogen functional groups attached to an aromatic ring is 1. The highest BCUT2D eigenvalue weighted by molar-refractivity contribution is 7.19. The maximum atomic E-state index is 12.4. The van der Waals surface area contributed by atoms with Crippen molar-refractivity contribution in [3.63, 3.8) is 0 Å². The molecule has 3 heterocycles. The quantitative estimate of drug-likeness (QED) is 0.405. The Bertz CT molecular complexity index is 1280. The zero-order valence-electron chi connectivity index (χ0n) is 17.6. The molecule has 0 aliphatic heterocycles. The molecule has 0 atom stereocenters. The first-order valence-electron chi connectivity index (χ1n) is 10.4. The number of hydrogen-bond donors (Lipinski definition) is 1. The molecule has 0 bridgehead atoms. The van der Waals surface area contributed by atoms with E-state index < -0.39 is 5.97 Å². The van der Waals surface area contributed by atoms with E-state index in [2.05, 4.69) is 15.0 Å². The van der Waals surface area contributed by atoms with Gasteiger partial charge in [0.05, 0.1) is 5.39 Å². The standard InChI is InChI=1S/C23H22N4O3S2/c1-13-6-8-14(9-7-13)29-11-19-25-16(12-31-19)23(28)30-10-18-26-21(24)20-15-4-2-3-5-17(15)32-22(20)27-18/h6-9,12H,2-5,10-11H2,1H3,(H2,24,26,27). The second kappa shape index (κ2) is 8.84. The molecular weight excluding hydrogens is 444 g/mol. The molecule has 164 valence electrons. The number of aryl methyl sites for hydroxylation is 3. The monoisotopic (exact) mass is 466 g/mol. The minimum Gasteiger partial charge on any atom is -0.486 e. The van der Waals surface area contributed by atoms with Gasteiger partial charge in [0.2, 0.25) is 0 Å². The van der Waals surface area contributed by atoms with Crippen LogP contribution in [-0.2, 0) is 30.8 Å². The predicted molar refractivity (Wildman–Crippen MR) is 125 cm³/mol. The molecule has 32 heavy (non-hydrogen) atoms. The number of benzene rings is 1. The largest absolute Gasteiger partial charge is 0.486 e. The minimum atomic E-state index is -0.518. The van der Waals surface area contributed by atoms with E-state index in [-0.39, 0.29) is 12.3 Å². The van der Waals surface area contributed by atoms with Gasteiger partial charge in [-0.05, 0) is 50.3 Å². The normalized spacial score (nSPS) is 13.2. The Balaban J connectivity index is 1.22. The maximum absolute atomic E-state index is 12.4. The molecule has 7 nitrogen and oxygen atoms in total. The molecule has 0 unspecified atom stereocenters. The number of thiazole rings is 1. The molecule has 1 aliphatic carbocycles. The van der Waals surface area contributed by atoms with Gasteiger partial charge in [-0.15, -0.1) is 22.7 Å². The van der Waals surface area contributed by atoms with Crippen LogP contribution in [0.2, 0.25) is 0 Å². The van der Waals surface area contributed by atoms with Crippen molar-refractivity contribution in [1.82, 2.24) is 15.0 Å². The summed E-state index contributed by atoms with van der Waals surface area (Å²) in [5, 5.41) is 3.34. The van der Waals surface area contributed by atoms with Crippen LogP contribution in [0, 0.1) is 6.92 Å². The molecular formula is C23H22N4O3S2. The van der Waals surface area contributed by atoms with Gasteiger partial charge in [0.1, 0.15) is 28.0 Å². The van der Waals surface area contributed by atoms with E-state index in [1.165, 1.54) is 40.2 Å². The lowest BCUT2D eigenvalue weighted by molar-refractivity contribution is 0.0456. The SMILES string of the molecule is Cc1ccc(OCc2nc(C(=O)OCc3nc(N)c4c5c(sc4n3)CCCC5)cs2)cc1. The first-order chi connectivity index (χ1) is 15.6. The molecule has 3 aromatic heterocycles. The van der Waals surface area contributed by atoms with E-state index in [0.717, 1.165) is 28.8 Å². The molecule has 9 heteroatoms. The fraction of sp³-hybridized carbons (Fsp3) is 0.304. The Kier molecular flexibility index (Phi) is 5.75. The van der Waals surface area contributed by atoms with Crippen LogP contribution in [0.1, 0.15) is 50.2 Å². The first kappa shape index (κ1) is 20.8. The number of esters is 1. The fourth-order valence-electron chi connectivity index (χ4n) is 3.75. The van der Waals surface area contributed by atoms with Crippen LogP contribution in [0.25, 0.3) is 10.2 Å². The van der Waals surface area contributed by atoms with Crippen molar-refractivity contribution >= 4 is 44.7 Å². The van der Waals surface area contributed by atoms with Gasteiger partial charge in [0.25, 0.3) is 0 Å². The molecule has 1 aliphatic rings. The lowest BCUT2D eigenvalue weighted by atomic mass is 9.97. The average Bonchev–Trinajstić information content (AvgIpc) is 3.42. The topological polar surface area (TPSA) is 100 Å². The van der Waals surface area contributed by atoms with Crippen molar-refractivity contribution < 1.29 is 14.3 Å². The number of aromatic nitrogens is 3. The Morgan fingerprint density at radius 2 is 1.91 bits per heavy atom. The Morgan fingerprint density at radius 3 is 2.75 bits per heavy atom. The summed E-state index contributed by atoms with van der Waals surface area (Å²) in [5.74, 6) is 1.11. The Morgan fingerprint density at radius 1 is 1.09 bits per heavy atom. The fourth-order valence-corrected chi connectivity index (χ4v) is 5.71. The number of carbonyl (C=O) groups excluding carboxylic acids is 1. The van der Waals surface area contributed by atoms with Gasteiger partial charge in [0, 0.05) is 10.3 Å². The van der Waals surface area contributed by atoms with E-state index in [9.17, 15) is 4.79 Å². The van der Waals surface area contributed by atoms with Gasteiger partial charge >= 0.3 is 5.97 Å². The van der Waals surface area contributed by atoms with Gasteiger partial charge in [-0.1, -0.05) is 17.7 Å². The molecule has 5 rings (SSSR count). The van der Waals surface area contributed by atoms with Gasteiger partial charge in [-0.2, -0.15) is 0 Å². The molecule has 2 N–H and O–H groups in total. The summed E-state index contributed by atoms with van der Waals surface area (Å²) in [5.41, 5.74) is 8.93. The van der Waals surface area contributed by atoms with E-state index in [1.807, 2.05) is 31.2 Å². The molecule has 0 amide bonds. The number of nitrogens with zero attached hydrogens (tertiary/aromatic N) is 3. The third-order valence-electron chi connectivity index (χ3n) is 5.37. The van der Waals surface area contributed by atoms with Crippen molar-refractivity contribution in [2.45, 2.75) is 45.8 Å². The summed E-state index contributed by atoms with van der Waals surface area (Å²) in [6, 6.07) is 7.78. The summed E-state index contributed by atoms with van der Waals surface area (Å²) < 4.78 is 11.1. The van der Waals surface area contributed by atoms with Crippen LogP contribution in [0.5, 0.6) is 5.75 Å². The highest BCUT2D eigenvalue weighted by Crippen LogP contribution is 2.37. The van der Waals surface area contributed by atoms with Crippen LogP contribution < -0.4 is 10.5 Å². The number of hydrogen-bond acceptors (Lipinski definition) is 9. The van der Waals surface area contributed by atoms with E-state index in [4.69, 9.17) is 15.2 Å². The molecule has 4 aromatic rings. The number of rotatable bonds is 6. The van der Waals surface area contributed by atoms with Crippen LogP contribution in [-0.4, -0.2) is 20.9 Å². The van der Waals surface area contributed by atoms with Crippen molar-refractivity contribution in [1.29, 1.82) is 0 Å². The minimum absolute atomic E-state index is 0.0474. The predicted octanol–water partition coefficient (Wildman–Crippen LogP) is 4.85. The summed E-state index contributed by atoms with van der Waals surface area (Å²) in [6.07, 6.45) is 4.46. The zero-order valence-corrected chi connectivity index (χ0v) is 19.2. The molecule has 0 fully saturated rings. The van der Waals surface area contributed by atoms with Crippen molar-refractivity contribution in [3.05, 3.63) is 62.2 Å². The van der Waals surface area contributed by atoms with Gasteiger partial charge in [-0.3, -0.25) is 0 Å². The van der Waals surface area contributed by atoms with Gasteiger partial charge < -0.3 is 15.2 Å². The lowest BCUT2D eigenvalue weighted by Gasteiger charge is -2.10. The van der Waals surface area contributed by atoms with E-state index in [0.29, 0.717) is 23.3 Å². The summed E-state index contributed by atoms with van der Waals surface area (Å²) >= 11 is 3.03. The van der Waals surface area contributed by atoms with E-state index >= 15 is 0 Å². The highest BCUT2D eigenvalue weighted by Gasteiger charge is 2.21. The van der Waals surface area contributed by atoms with Crippen molar-refractivity contribution in [2.24, 2.45) is 0 Å². The summed E-state index contributed by atoms with van der Waals surface area (Å²) in [6.45, 7) is 2.27. The molecule has 0 saturated heterocycles. The van der Waals surface area contributed by atoms with Crippen LogP contribution in [0.4, 0.5) is 5.82 Å². The number of thiophene rings is 1.